The Hall–Kier alpha value is -0.160. The quantitative estimate of drug-likeness (QED) is 0.717. The van der Waals surface area contributed by atoms with Crippen molar-refractivity contribution in [3.63, 3.8) is 0 Å². The Morgan fingerprint density at radius 3 is 2.18 bits per heavy atom. The summed E-state index contributed by atoms with van der Waals surface area (Å²) in [4.78, 5) is 4.85. The Kier molecular flexibility index (Phi) is 6.41. The van der Waals surface area contributed by atoms with Crippen molar-refractivity contribution in [3.8, 4) is 0 Å². The maximum atomic E-state index is 6.03. The van der Waals surface area contributed by atoms with E-state index in [9.17, 15) is 0 Å². The van der Waals surface area contributed by atoms with Gasteiger partial charge < -0.3 is 15.4 Å². The molecule has 0 aromatic heterocycles. The monoisotopic (exact) mass is 243 g/mol. The summed E-state index contributed by atoms with van der Waals surface area (Å²) in [5.41, 5.74) is 5.73. The first-order valence-electron chi connectivity index (χ1n) is 6.90. The molecule has 1 fully saturated rings. The smallest absolute Gasteiger partial charge is 0.0799 e. The third kappa shape index (κ3) is 4.54. The first-order valence-corrected chi connectivity index (χ1v) is 6.90. The Morgan fingerprint density at radius 1 is 1.12 bits per heavy atom. The minimum Gasteiger partial charge on any atom is -0.372 e. The summed E-state index contributed by atoms with van der Waals surface area (Å²) >= 11 is 0. The van der Waals surface area contributed by atoms with Crippen LogP contribution in [0.4, 0.5) is 0 Å². The van der Waals surface area contributed by atoms with Gasteiger partial charge in [-0.15, -0.1) is 0 Å². The van der Waals surface area contributed by atoms with Crippen LogP contribution in [0.5, 0.6) is 0 Å². The largest absolute Gasteiger partial charge is 0.372 e. The highest BCUT2D eigenvalue weighted by Gasteiger charge is 2.25. The Balaban J connectivity index is 2.22. The molecule has 0 aliphatic carbocycles. The second kappa shape index (κ2) is 7.31. The molecule has 4 heteroatoms. The van der Waals surface area contributed by atoms with E-state index in [1.54, 1.807) is 0 Å². The topological polar surface area (TPSA) is 41.7 Å². The van der Waals surface area contributed by atoms with Crippen LogP contribution in [0.15, 0.2) is 0 Å². The van der Waals surface area contributed by atoms with Gasteiger partial charge in [-0.3, -0.25) is 4.90 Å². The zero-order chi connectivity index (χ0) is 12.7. The standard InChI is InChI=1S/C13H29N3O/c1-4-13(5-2,12-14)17-11-10-16-8-6-15(3)7-9-16/h4-12,14H2,1-3H3. The molecule has 0 amide bonds. The van der Waals surface area contributed by atoms with Crippen molar-refractivity contribution in [1.82, 2.24) is 9.80 Å². The molecule has 1 rings (SSSR count). The summed E-state index contributed by atoms with van der Waals surface area (Å²) in [5.74, 6) is 0. The molecule has 17 heavy (non-hydrogen) atoms. The van der Waals surface area contributed by atoms with E-state index < -0.39 is 0 Å². The number of rotatable bonds is 7. The lowest BCUT2D eigenvalue weighted by atomic mass is 9.97. The molecule has 0 saturated carbocycles. The molecule has 1 aliphatic heterocycles. The first kappa shape index (κ1) is 14.9. The van der Waals surface area contributed by atoms with E-state index in [4.69, 9.17) is 10.5 Å². The third-order valence-electron chi connectivity index (χ3n) is 4.07. The van der Waals surface area contributed by atoms with Crippen molar-refractivity contribution in [2.24, 2.45) is 5.73 Å². The van der Waals surface area contributed by atoms with Gasteiger partial charge in [-0.1, -0.05) is 13.8 Å². The Bertz CT molecular complexity index is 191. The van der Waals surface area contributed by atoms with Gasteiger partial charge >= 0.3 is 0 Å². The van der Waals surface area contributed by atoms with Crippen LogP contribution in [0.1, 0.15) is 26.7 Å². The van der Waals surface area contributed by atoms with Crippen LogP contribution in [0.3, 0.4) is 0 Å². The number of hydrogen-bond acceptors (Lipinski definition) is 4. The first-order chi connectivity index (χ1) is 8.15. The molecule has 4 nitrogen and oxygen atoms in total. The number of nitrogens with two attached hydrogens (primary N) is 1. The van der Waals surface area contributed by atoms with Crippen molar-refractivity contribution in [2.45, 2.75) is 32.3 Å². The number of hydrogen-bond donors (Lipinski definition) is 1. The van der Waals surface area contributed by atoms with Gasteiger partial charge in [0, 0.05) is 39.3 Å². The molecule has 0 radical (unpaired) electrons. The van der Waals surface area contributed by atoms with Gasteiger partial charge in [0.15, 0.2) is 0 Å². The Morgan fingerprint density at radius 2 is 1.71 bits per heavy atom. The highest BCUT2D eigenvalue weighted by atomic mass is 16.5. The van der Waals surface area contributed by atoms with Crippen molar-refractivity contribution >= 4 is 0 Å². The SMILES string of the molecule is CCC(CC)(CN)OCCN1CCN(C)CC1. The molecular weight excluding hydrogens is 214 g/mol. The lowest BCUT2D eigenvalue weighted by Crippen LogP contribution is -2.47. The highest BCUT2D eigenvalue weighted by molar-refractivity contribution is 4.79. The van der Waals surface area contributed by atoms with E-state index in [1.165, 1.54) is 13.1 Å². The maximum Gasteiger partial charge on any atom is 0.0799 e. The van der Waals surface area contributed by atoms with Crippen molar-refractivity contribution in [2.75, 3.05) is 52.9 Å². The predicted molar refractivity (Wildman–Crippen MR) is 72.3 cm³/mol. The van der Waals surface area contributed by atoms with Crippen LogP contribution in [0, 0.1) is 0 Å². The van der Waals surface area contributed by atoms with Gasteiger partial charge in [-0.05, 0) is 19.9 Å². The minimum atomic E-state index is -0.0907. The summed E-state index contributed by atoms with van der Waals surface area (Å²) in [6.45, 7) is 11.5. The molecule has 0 spiro atoms. The summed E-state index contributed by atoms with van der Waals surface area (Å²) in [7, 11) is 2.18. The minimum absolute atomic E-state index is 0.0907. The summed E-state index contributed by atoms with van der Waals surface area (Å²) < 4.78 is 6.03. The molecule has 1 saturated heterocycles. The number of piperazine rings is 1. The van der Waals surface area contributed by atoms with E-state index >= 15 is 0 Å². The fourth-order valence-electron chi connectivity index (χ4n) is 2.26. The molecule has 2 N–H and O–H groups in total. The zero-order valence-electron chi connectivity index (χ0n) is 11.7. The van der Waals surface area contributed by atoms with Crippen molar-refractivity contribution in [3.05, 3.63) is 0 Å². The second-order valence-electron chi connectivity index (χ2n) is 5.09. The van der Waals surface area contributed by atoms with Gasteiger partial charge in [0.2, 0.25) is 0 Å². The number of likely N-dealkylation sites (N-methyl/N-ethyl adjacent to an activating group) is 1. The molecule has 0 bridgehead atoms. The van der Waals surface area contributed by atoms with Crippen LogP contribution < -0.4 is 5.73 Å². The van der Waals surface area contributed by atoms with E-state index in [1.807, 2.05) is 0 Å². The summed E-state index contributed by atoms with van der Waals surface area (Å²) in [6, 6.07) is 0. The second-order valence-corrected chi connectivity index (χ2v) is 5.09. The van der Waals surface area contributed by atoms with Crippen LogP contribution >= 0.6 is 0 Å². The molecular formula is C13H29N3O. The van der Waals surface area contributed by atoms with Crippen LogP contribution in [-0.4, -0.2) is 68.3 Å². The number of ether oxygens (including phenoxy) is 1. The molecule has 0 unspecified atom stereocenters. The molecule has 1 heterocycles. The summed E-state index contributed by atoms with van der Waals surface area (Å²) in [5, 5.41) is 0. The maximum absolute atomic E-state index is 6.03. The lowest BCUT2D eigenvalue weighted by Gasteiger charge is -2.35. The molecule has 0 atom stereocenters. The third-order valence-corrected chi connectivity index (χ3v) is 4.07. The zero-order valence-corrected chi connectivity index (χ0v) is 11.7. The average Bonchev–Trinajstić information content (AvgIpc) is 2.38. The summed E-state index contributed by atoms with van der Waals surface area (Å²) in [6.07, 6.45) is 2.01. The Labute approximate surface area is 106 Å². The van der Waals surface area contributed by atoms with Gasteiger partial charge in [0.1, 0.15) is 0 Å². The van der Waals surface area contributed by atoms with Crippen LogP contribution in [0.25, 0.3) is 0 Å². The van der Waals surface area contributed by atoms with Gasteiger partial charge in [-0.25, -0.2) is 0 Å². The molecule has 0 aromatic rings. The molecule has 0 aromatic carbocycles. The van der Waals surface area contributed by atoms with Crippen LogP contribution in [-0.2, 0) is 4.74 Å². The molecule has 1 aliphatic rings. The average molecular weight is 243 g/mol. The highest BCUT2D eigenvalue weighted by Crippen LogP contribution is 2.18. The van der Waals surface area contributed by atoms with Crippen molar-refractivity contribution in [1.29, 1.82) is 0 Å². The van der Waals surface area contributed by atoms with E-state index in [0.717, 1.165) is 39.1 Å². The van der Waals surface area contributed by atoms with Gasteiger partial charge in [0.25, 0.3) is 0 Å². The normalized spacial score (nSPS) is 19.8. The van der Waals surface area contributed by atoms with E-state index in [2.05, 4.69) is 30.7 Å². The van der Waals surface area contributed by atoms with Crippen molar-refractivity contribution < 1.29 is 4.74 Å². The fraction of sp³-hybridized carbons (Fsp3) is 1.00. The molecule has 102 valence electrons. The fourth-order valence-corrected chi connectivity index (χ4v) is 2.26. The van der Waals surface area contributed by atoms with E-state index in [0.29, 0.717) is 6.54 Å². The van der Waals surface area contributed by atoms with Crippen LogP contribution in [0.2, 0.25) is 0 Å². The van der Waals surface area contributed by atoms with Gasteiger partial charge in [-0.2, -0.15) is 0 Å². The number of nitrogens with zero attached hydrogens (tertiary/aromatic N) is 2. The van der Waals surface area contributed by atoms with Gasteiger partial charge in [0.05, 0.1) is 12.2 Å². The lowest BCUT2D eigenvalue weighted by molar-refractivity contribution is -0.0536. The van der Waals surface area contributed by atoms with E-state index in [-0.39, 0.29) is 5.60 Å². The predicted octanol–water partition coefficient (Wildman–Crippen LogP) is 0.768.